The predicted octanol–water partition coefficient (Wildman–Crippen LogP) is 3.65. The Morgan fingerprint density at radius 3 is 2.81 bits per heavy atom. The van der Waals surface area contributed by atoms with Crippen LogP contribution < -0.4 is 4.74 Å². The second kappa shape index (κ2) is 4.61. The zero-order valence-electron chi connectivity index (χ0n) is 9.07. The quantitative estimate of drug-likeness (QED) is 0.841. The number of nitrogens with zero attached hydrogens (tertiary/aromatic N) is 2. The number of aromatic nitrogens is 2. The molecule has 0 aliphatic carbocycles. The minimum absolute atomic E-state index is 0.531. The van der Waals surface area contributed by atoms with Crippen molar-refractivity contribution in [1.82, 2.24) is 9.97 Å². The Labute approximate surface area is 103 Å². The van der Waals surface area contributed by atoms with Crippen LogP contribution in [0.15, 0.2) is 35.2 Å². The number of halogens is 1. The van der Waals surface area contributed by atoms with Crippen LogP contribution in [0.1, 0.15) is 11.1 Å². The van der Waals surface area contributed by atoms with Crippen molar-refractivity contribution in [2.45, 2.75) is 13.8 Å². The van der Waals surface area contributed by atoms with E-state index in [-0.39, 0.29) is 0 Å². The van der Waals surface area contributed by atoms with E-state index in [0.29, 0.717) is 5.88 Å². The molecule has 2 rings (SSSR count). The van der Waals surface area contributed by atoms with Gasteiger partial charge in [0.2, 0.25) is 5.88 Å². The van der Waals surface area contributed by atoms with Crippen LogP contribution in [0.3, 0.4) is 0 Å². The number of rotatable bonds is 2. The first-order valence-corrected chi connectivity index (χ1v) is 5.67. The third-order valence-corrected chi connectivity index (χ3v) is 2.73. The molecule has 1 aromatic carbocycles. The minimum Gasteiger partial charge on any atom is -0.437 e. The van der Waals surface area contributed by atoms with Gasteiger partial charge in [0.15, 0.2) is 0 Å². The highest BCUT2D eigenvalue weighted by Gasteiger charge is 2.06. The van der Waals surface area contributed by atoms with Gasteiger partial charge in [-0.1, -0.05) is 12.1 Å². The van der Waals surface area contributed by atoms with Crippen molar-refractivity contribution < 1.29 is 4.74 Å². The van der Waals surface area contributed by atoms with E-state index in [2.05, 4.69) is 32.0 Å². The number of hydrogen-bond acceptors (Lipinski definition) is 3. The molecule has 4 heteroatoms. The Bertz CT molecular complexity index is 514. The van der Waals surface area contributed by atoms with Gasteiger partial charge in [0.05, 0.1) is 4.47 Å². The van der Waals surface area contributed by atoms with Gasteiger partial charge in [0.1, 0.15) is 12.1 Å². The average Bonchev–Trinajstić information content (AvgIpc) is 2.27. The van der Waals surface area contributed by atoms with Crippen molar-refractivity contribution >= 4 is 15.9 Å². The molecule has 0 bridgehead atoms. The molecule has 0 amide bonds. The molecule has 0 aliphatic rings. The summed E-state index contributed by atoms with van der Waals surface area (Å²) in [6.07, 6.45) is 3.12. The lowest BCUT2D eigenvalue weighted by atomic mass is 10.1. The van der Waals surface area contributed by atoms with Gasteiger partial charge in [-0.05, 0) is 47.0 Å². The first kappa shape index (κ1) is 11.1. The van der Waals surface area contributed by atoms with Crippen molar-refractivity contribution in [2.75, 3.05) is 0 Å². The predicted molar refractivity (Wildman–Crippen MR) is 65.7 cm³/mol. The molecule has 0 radical (unpaired) electrons. The monoisotopic (exact) mass is 278 g/mol. The Morgan fingerprint density at radius 2 is 2.06 bits per heavy atom. The molecule has 82 valence electrons. The van der Waals surface area contributed by atoms with E-state index in [9.17, 15) is 0 Å². The fourth-order valence-electron chi connectivity index (χ4n) is 1.30. The molecule has 0 unspecified atom stereocenters. The minimum atomic E-state index is 0.531. The van der Waals surface area contributed by atoms with E-state index in [1.807, 2.05) is 26.0 Å². The van der Waals surface area contributed by atoms with Crippen LogP contribution in [0, 0.1) is 13.8 Å². The van der Waals surface area contributed by atoms with Gasteiger partial charge >= 0.3 is 0 Å². The zero-order valence-corrected chi connectivity index (χ0v) is 10.7. The number of hydrogen-bond donors (Lipinski definition) is 0. The summed E-state index contributed by atoms with van der Waals surface area (Å²) in [5.41, 5.74) is 2.24. The van der Waals surface area contributed by atoms with E-state index in [1.165, 1.54) is 6.33 Å². The molecule has 1 heterocycles. The first-order valence-electron chi connectivity index (χ1n) is 4.87. The Balaban J connectivity index is 2.34. The van der Waals surface area contributed by atoms with Gasteiger partial charge in [-0.3, -0.25) is 0 Å². The van der Waals surface area contributed by atoms with Crippen LogP contribution in [0.2, 0.25) is 0 Å². The summed E-state index contributed by atoms with van der Waals surface area (Å²) < 4.78 is 6.47. The number of aryl methyl sites for hydroxylation is 2. The topological polar surface area (TPSA) is 35.0 Å². The largest absolute Gasteiger partial charge is 0.437 e. The summed E-state index contributed by atoms with van der Waals surface area (Å²) in [6.45, 7) is 4.03. The van der Waals surface area contributed by atoms with Crippen LogP contribution in [0.25, 0.3) is 0 Å². The highest BCUT2D eigenvalue weighted by atomic mass is 79.9. The molecule has 0 fully saturated rings. The molecule has 1 aromatic heterocycles. The summed E-state index contributed by atoms with van der Waals surface area (Å²) in [7, 11) is 0. The van der Waals surface area contributed by atoms with Gasteiger partial charge in [0, 0.05) is 6.20 Å². The molecular weight excluding hydrogens is 268 g/mol. The summed E-state index contributed by atoms with van der Waals surface area (Å²) in [6, 6.07) is 6.07. The van der Waals surface area contributed by atoms with Gasteiger partial charge in [-0.25, -0.2) is 9.97 Å². The molecule has 0 spiro atoms. The van der Waals surface area contributed by atoms with Crippen molar-refractivity contribution in [3.63, 3.8) is 0 Å². The third-order valence-electron chi connectivity index (χ3n) is 2.18. The lowest BCUT2D eigenvalue weighted by Gasteiger charge is -2.09. The fourth-order valence-corrected chi connectivity index (χ4v) is 1.60. The highest BCUT2D eigenvalue weighted by molar-refractivity contribution is 9.10. The van der Waals surface area contributed by atoms with Gasteiger partial charge < -0.3 is 4.74 Å². The van der Waals surface area contributed by atoms with Crippen LogP contribution in [-0.4, -0.2) is 9.97 Å². The van der Waals surface area contributed by atoms with Crippen LogP contribution >= 0.6 is 15.9 Å². The molecule has 3 nitrogen and oxygen atoms in total. The Morgan fingerprint density at radius 1 is 1.25 bits per heavy atom. The van der Waals surface area contributed by atoms with Crippen molar-refractivity contribution in [3.8, 4) is 11.6 Å². The van der Waals surface area contributed by atoms with Crippen LogP contribution in [0.4, 0.5) is 0 Å². The lowest BCUT2D eigenvalue weighted by molar-refractivity contribution is 0.454. The maximum atomic E-state index is 5.72. The average molecular weight is 279 g/mol. The molecule has 0 atom stereocenters. The first-order chi connectivity index (χ1) is 7.66. The Kier molecular flexibility index (Phi) is 3.19. The summed E-state index contributed by atoms with van der Waals surface area (Å²) in [5.74, 6) is 1.35. The second-order valence-corrected chi connectivity index (χ2v) is 4.40. The molecule has 0 aliphatic heterocycles. The fraction of sp³-hybridized carbons (Fsp3) is 0.167. The highest BCUT2D eigenvalue weighted by Crippen LogP contribution is 2.28. The summed E-state index contributed by atoms with van der Waals surface area (Å²) in [4.78, 5) is 7.95. The molecule has 0 N–H and O–H groups in total. The molecular formula is C12H11BrN2O. The molecule has 0 saturated heterocycles. The normalized spacial score (nSPS) is 10.2. The van der Waals surface area contributed by atoms with Crippen molar-refractivity contribution in [1.29, 1.82) is 0 Å². The molecule has 16 heavy (non-hydrogen) atoms. The smallest absolute Gasteiger partial charge is 0.236 e. The number of benzene rings is 1. The second-order valence-electron chi connectivity index (χ2n) is 3.55. The zero-order chi connectivity index (χ0) is 11.5. The standard InChI is InChI=1S/C12H11BrN2O/c1-8-3-4-9(2)11(5-8)16-12-10(13)6-14-7-15-12/h3-7H,1-2H3. The van der Waals surface area contributed by atoms with E-state index in [1.54, 1.807) is 6.20 Å². The molecule has 2 aromatic rings. The number of ether oxygens (including phenoxy) is 1. The van der Waals surface area contributed by atoms with E-state index in [4.69, 9.17) is 4.74 Å². The van der Waals surface area contributed by atoms with Crippen LogP contribution in [0.5, 0.6) is 11.6 Å². The maximum Gasteiger partial charge on any atom is 0.236 e. The maximum absolute atomic E-state index is 5.72. The SMILES string of the molecule is Cc1ccc(C)c(Oc2ncncc2Br)c1. The lowest BCUT2D eigenvalue weighted by Crippen LogP contribution is -1.92. The summed E-state index contributed by atoms with van der Waals surface area (Å²) >= 11 is 3.35. The van der Waals surface area contributed by atoms with Crippen molar-refractivity contribution in [2.24, 2.45) is 0 Å². The summed E-state index contributed by atoms with van der Waals surface area (Å²) in [5, 5.41) is 0. The van der Waals surface area contributed by atoms with Gasteiger partial charge in [-0.2, -0.15) is 0 Å². The van der Waals surface area contributed by atoms with E-state index < -0.39 is 0 Å². The molecule has 0 saturated carbocycles. The third kappa shape index (κ3) is 2.39. The Hall–Kier alpha value is -1.42. The van der Waals surface area contributed by atoms with Gasteiger partial charge in [0.25, 0.3) is 0 Å². The van der Waals surface area contributed by atoms with Gasteiger partial charge in [-0.15, -0.1) is 0 Å². The van der Waals surface area contributed by atoms with Crippen molar-refractivity contribution in [3.05, 3.63) is 46.3 Å². The van der Waals surface area contributed by atoms with E-state index >= 15 is 0 Å². The van der Waals surface area contributed by atoms with E-state index in [0.717, 1.165) is 21.3 Å². The van der Waals surface area contributed by atoms with Crippen LogP contribution in [-0.2, 0) is 0 Å².